The number of carbonyl (C=O) groups is 1. The summed E-state index contributed by atoms with van der Waals surface area (Å²) in [7, 11) is 3.04. The van der Waals surface area contributed by atoms with E-state index in [0.717, 1.165) is 11.4 Å². The Morgan fingerprint density at radius 2 is 1.93 bits per heavy atom. The number of aromatic hydroxyl groups is 1. The fourth-order valence-corrected chi connectivity index (χ4v) is 3.90. The lowest BCUT2D eigenvalue weighted by molar-refractivity contribution is -0.122. The molecule has 28 heavy (non-hydrogen) atoms. The van der Waals surface area contributed by atoms with Gasteiger partial charge >= 0.3 is 0 Å². The van der Waals surface area contributed by atoms with E-state index in [1.807, 2.05) is 31.2 Å². The van der Waals surface area contributed by atoms with Crippen molar-refractivity contribution in [3.8, 4) is 17.2 Å². The Balaban J connectivity index is 1.93. The van der Waals surface area contributed by atoms with E-state index >= 15 is 0 Å². The van der Waals surface area contributed by atoms with Crippen molar-refractivity contribution in [2.45, 2.75) is 6.92 Å². The highest BCUT2D eigenvalue weighted by Gasteiger charge is 2.32. The molecule has 3 rings (SSSR count). The van der Waals surface area contributed by atoms with Crippen LogP contribution >= 0.6 is 23.4 Å². The molecule has 2 aromatic carbocycles. The second kappa shape index (κ2) is 8.58. The predicted octanol–water partition coefficient (Wildman–Crippen LogP) is 4.69. The molecule has 6 nitrogen and oxygen atoms in total. The van der Waals surface area contributed by atoms with Crippen LogP contribution in [0, 0.1) is 0 Å². The van der Waals surface area contributed by atoms with Gasteiger partial charge in [0.2, 0.25) is 0 Å². The molecule has 2 aromatic rings. The molecule has 8 heteroatoms. The van der Waals surface area contributed by atoms with Gasteiger partial charge in [-0.3, -0.25) is 9.69 Å². The third-order valence-electron chi connectivity index (χ3n) is 4.07. The smallest absolute Gasteiger partial charge is 0.266 e. The van der Waals surface area contributed by atoms with Gasteiger partial charge in [-0.15, -0.1) is 0 Å². The highest BCUT2D eigenvalue weighted by Crippen LogP contribution is 2.38. The summed E-state index contributed by atoms with van der Waals surface area (Å²) in [4.78, 5) is 19.5. The van der Waals surface area contributed by atoms with Crippen molar-refractivity contribution >= 4 is 46.2 Å². The molecule has 0 bridgehead atoms. The third-order valence-corrected chi connectivity index (χ3v) is 5.36. The van der Waals surface area contributed by atoms with Crippen LogP contribution in [0.2, 0.25) is 5.02 Å². The van der Waals surface area contributed by atoms with Crippen molar-refractivity contribution in [3.05, 3.63) is 51.9 Å². The lowest BCUT2D eigenvalue weighted by atomic mass is 10.2. The molecule has 1 heterocycles. The van der Waals surface area contributed by atoms with Crippen molar-refractivity contribution < 1.29 is 19.4 Å². The number of nitrogens with zero attached hydrogens (tertiary/aromatic N) is 2. The number of methoxy groups -OCH3 is 2. The minimum atomic E-state index is -0.136. The van der Waals surface area contributed by atoms with Gasteiger partial charge in [0.05, 0.1) is 29.8 Å². The molecule has 1 saturated heterocycles. The second-order valence-electron chi connectivity index (χ2n) is 5.81. The number of likely N-dealkylation sites (N-methyl/N-ethyl adjacent to an activating group) is 1. The summed E-state index contributed by atoms with van der Waals surface area (Å²) in [5, 5.41) is 10.6. The first kappa shape index (κ1) is 20.1. The summed E-state index contributed by atoms with van der Waals surface area (Å²) >= 11 is 7.33. The van der Waals surface area contributed by atoms with Gasteiger partial charge in [-0.05, 0) is 66.7 Å². The SMILES string of the molecule is CCN1C(=O)C(=Cc2cc(Cl)c(O)c(OC)c2)SC1=Nc1ccc(OC)cc1. The molecular weight excluding hydrogens is 400 g/mol. The Labute approximate surface area is 172 Å². The lowest BCUT2D eigenvalue weighted by Gasteiger charge is -2.12. The minimum Gasteiger partial charge on any atom is -0.503 e. The number of hydrogen-bond acceptors (Lipinski definition) is 6. The van der Waals surface area contributed by atoms with Crippen LogP contribution in [0.1, 0.15) is 12.5 Å². The topological polar surface area (TPSA) is 71.4 Å². The average Bonchev–Trinajstić information content (AvgIpc) is 2.99. The molecule has 0 spiro atoms. The average molecular weight is 419 g/mol. The highest BCUT2D eigenvalue weighted by atomic mass is 35.5. The summed E-state index contributed by atoms with van der Waals surface area (Å²) < 4.78 is 10.3. The Morgan fingerprint density at radius 3 is 2.54 bits per heavy atom. The van der Waals surface area contributed by atoms with Gasteiger partial charge in [-0.2, -0.15) is 0 Å². The Morgan fingerprint density at radius 1 is 1.21 bits per heavy atom. The number of phenols is 1. The summed E-state index contributed by atoms with van der Waals surface area (Å²) in [5.74, 6) is 0.719. The Hall–Kier alpha value is -2.64. The number of amidine groups is 1. The van der Waals surface area contributed by atoms with Gasteiger partial charge < -0.3 is 14.6 Å². The number of hydrogen-bond donors (Lipinski definition) is 1. The van der Waals surface area contributed by atoms with Crippen molar-refractivity contribution in [1.29, 1.82) is 0 Å². The van der Waals surface area contributed by atoms with E-state index in [2.05, 4.69) is 4.99 Å². The van der Waals surface area contributed by atoms with Crippen LogP contribution in [-0.4, -0.2) is 41.8 Å². The molecule has 0 radical (unpaired) electrons. The van der Waals surface area contributed by atoms with E-state index in [0.29, 0.717) is 22.2 Å². The molecule has 146 valence electrons. The molecule has 1 N–H and O–H groups in total. The van der Waals surface area contributed by atoms with E-state index in [4.69, 9.17) is 21.1 Å². The van der Waals surface area contributed by atoms with Crippen LogP contribution in [0.3, 0.4) is 0 Å². The number of aliphatic imine (C=N–C) groups is 1. The molecule has 0 unspecified atom stereocenters. The maximum atomic E-state index is 12.8. The van der Waals surface area contributed by atoms with E-state index in [1.54, 1.807) is 30.2 Å². The van der Waals surface area contributed by atoms with Crippen molar-refractivity contribution in [2.75, 3.05) is 20.8 Å². The summed E-state index contributed by atoms with van der Waals surface area (Å²) in [6, 6.07) is 10.5. The normalized spacial score (nSPS) is 16.9. The van der Waals surface area contributed by atoms with Crippen LogP contribution in [-0.2, 0) is 4.79 Å². The summed E-state index contributed by atoms with van der Waals surface area (Å²) in [5.41, 5.74) is 1.38. The van der Waals surface area contributed by atoms with Crippen LogP contribution in [0.15, 0.2) is 46.3 Å². The van der Waals surface area contributed by atoms with Crippen molar-refractivity contribution in [1.82, 2.24) is 4.90 Å². The molecule has 1 fully saturated rings. The van der Waals surface area contributed by atoms with E-state index in [1.165, 1.54) is 18.9 Å². The largest absolute Gasteiger partial charge is 0.503 e. The van der Waals surface area contributed by atoms with Crippen LogP contribution in [0.4, 0.5) is 5.69 Å². The first-order valence-electron chi connectivity index (χ1n) is 8.47. The zero-order valence-electron chi connectivity index (χ0n) is 15.6. The molecule has 0 aromatic heterocycles. The van der Waals surface area contributed by atoms with Crippen LogP contribution in [0.25, 0.3) is 6.08 Å². The maximum absolute atomic E-state index is 12.8. The van der Waals surface area contributed by atoms with Crippen LogP contribution in [0.5, 0.6) is 17.2 Å². The minimum absolute atomic E-state index is 0.131. The number of rotatable bonds is 5. The molecule has 0 saturated carbocycles. The maximum Gasteiger partial charge on any atom is 0.266 e. The fraction of sp³-hybridized carbons (Fsp3) is 0.200. The summed E-state index contributed by atoms with van der Waals surface area (Å²) in [6.07, 6.45) is 1.71. The first-order valence-corrected chi connectivity index (χ1v) is 9.67. The third kappa shape index (κ3) is 4.10. The number of halogens is 1. The van der Waals surface area contributed by atoms with E-state index in [9.17, 15) is 9.90 Å². The monoisotopic (exact) mass is 418 g/mol. The number of carbonyl (C=O) groups excluding carboxylic acids is 1. The molecule has 1 aliphatic heterocycles. The number of thioether (sulfide) groups is 1. The standard InChI is InChI=1S/C20H19ClN2O4S/c1-4-23-19(25)17(11-12-9-15(21)18(24)16(10-12)27-3)28-20(23)22-13-5-7-14(26-2)8-6-13/h5-11,24H,4H2,1-3H3. The quantitative estimate of drug-likeness (QED) is 0.713. The van der Waals surface area contributed by atoms with Gasteiger partial charge in [0, 0.05) is 6.54 Å². The molecule has 1 amide bonds. The zero-order valence-corrected chi connectivity index (χ0v) is 17.2. The van der Waals surface area contributed by atoms with Gasteiger partial charge in [0.25, 0.3) is 5.91 Å². The molecule has 0 atom stereocenters. The predicted molar refractivity (Wildman–Crippen MR) is 113 cm³/mol. The van der Waals surface area contributed by atoms with Crippen molar-refractivity contribution in [2.24, 2.45) is 4.99 Å². The number of benzene rings is 2. The first-order chi connectivity index (χ1) is 13.5. The summed E-state index contributed by atoms with van der Waals surface area (Å²) in [6.45, 7) is 2.39. The van der Waals surface area contributed by atoms with Gasteiger partial charge in [-0.25, -0.2) is 4.99 Å². The highest BCUT2D eigenvalue weighted by molar-refractivity contribution is 8.18. The van der Waals surface area contributed by atoms with Crippen molar-refractivity contribution in [3.63, 3.8) is 0 Å². The zero-order chi connectivity index (χ0) is 20.3. The lowest BCUT2D eigenvalue weighted by Crippen LogP contribution is -2.28. The Bertz CT molecular complexity index is 957. The second-order valence-corrected chi connectivity index (χ2v) is 7.22. The number of amides is 1. The molecule has 0 aliphatic carbocycles. The van der Waals surface area contributed by atoms with Crippen LogP contribution < -0.4 is 9.47 Å². The molecule has 1 aliphatic rings. The number of phenolic OH excluding ortho intramolecular Hbond substituents is 1. The van der Waals surface area contributed by atoms with Gasteiger partial charge in [-0.1, -0.05) is 11.6 Å². The van der Waals surface area contributed by atoms with E-state index < -0.39 is 0 Å². The number of ether oxygens (including phenoxy) is 2. The molecular formula is C20H19ClN2O4S. The van der Waals surface area contributed by atoms with Gasteiger partial charge in [0.15, 0.2) is 16.7 Å². The Kier molecular flexibility index (Phi) is 6.16. The van der Waals surface area contributed by atoms with E-state index in [-0.39, 0.29) is 22.4 Å². The van der Waals surface area contributed by atoms with Gasteiger partial charge in [0.1, 0.15) is 5.75 Å². The fourth-order valence-electron chi connectivity index (χ4n) is 2.62.